The number of anilines is 1. The number of rotatable bonds is 5. The molecule has 1 aliphatic rings. The fourth-order valence-electron chi connectivity index (χ4n) is 4.47. The Morgan fingerprint density at radius 3 is 2.61 bits per heavy atom. The molecule has 2 amide bonds. The average molecular weight is 418 g/mol. The second kappa shape index (κ2) is 7.88. The summed E-state index contributed by atoms with van der Waals surface area (Å²) in [6.07, 6.45) is 0.900. The highest BCUT2D eigenvalue weighted by atomic mass is 16.2. The van der Waals surface area contributed by atoms with Crippen LogP contribution >= 0.6 is 0 Å². The zero-order valence-electron chi connectivity index (χ0n) is 19.0. The van der Waals surface area contributed by atoms with Gasteiger partial charge in [0.2, 0.25) is 5.91 Å². The van der Waals surface area contributed by atoms with Gasteiger partial charge in [-0.05, 0) is 62.4 Å². The Morgan fingerprint density at radius 2 is 1.87 bits per heavy atom. The van der Waals surface area contributed by atoms with E-state index < -0.39 is 5.54 Å². The van der Waals surface area contributed by atoms with E-state index >= 15 is 0 Å². The second-order valence-corrected chi connectivity index (χ2v) is 9.25. The zero-order valence-corrected chi connectivity index (χ0v) is 19.0. The summed E-state index contributed by atoms with van der Waals surface area (Å²) in [5.74, 6) is 0.236. The van der Waals surface area contributed by atoms with Gasteiger partial charge in [-0.25, -0.2) is 0 Å². The van der Waals surface area contributed by atoms with Crippen LogP contribution in [0, 0.1) is 19.8 Å². The molecule has 5 nitrogen and oxygen atoms in total. The summed E-state index contributed by atoms with van der Waals surface area (Å²) < 4.78 is 2.00. The van der Waals surface area contributed by atoms with E-state index in [1.807, 2.05) is 73.9 Å². The molecule has 5 heteroatoms. The van der Waals surface area contributed by atoms with E-state index in [-0.39, 0.29) is 11.8 Å². The summed E-state index contributed by atoms with van der Waals surface area (Å²) in [4.78, 5) is 29.2. The molecule has 0 spiro atoms. The highest BCUT2D eigenvalue weighted by Gasteiger charge is 2.48. The van der Waals surface area contributed by atoms with Crippen LogP contribution in [0.25, 0.3) is 10.9 Å². The maximum Gasteiger partial charge on any atom is 0.275 e. The van der Waals surface area contributed by atoms with Gasteiger partial charge >= 0.3 is 0 Å². The molecule has 1 atom stereocenters. The number of aryl methyl sites for hydroxylation is 1. The molecule has 0 saturated heterocycles. The Kier molecular flexibility index (Phi) is 5.38. The van der Waals surface area contributed by atoms with Crippen molar-refractivity contribution in [2.24, 2.45) is 5.92 Å². The molecule has 31 heavy (non-hydrogen) atoms. The zero-order chi connectivity index (χ0) is 22.3. The van der Waals surface area contributed by atoms with Crippen molar-refractivity contribution in [3.63, 3.8) is 0 Å². The molecule has 2 heterocycles. The SMILES string of the molecule is Cc1cccc(N2C(=O)c3cc4ccccc4n3C[C@@]2(C)C(=O)NCCC(C)C)c1C. The van der Waals surface area contributed by atoms with E-state index in [1.54, 1.807) is 4.90 Å². The summed E-state index contributed by atoms with van der Waals surface area (Å²) in [5.41, 5.74) is 3.47. The predicted octanol–water partition coefficient (Wildman–Crippen LogP) is 4.84. The highest BCUT2D eigenvalue weighted by Crippen LogP contribution is 2.37. The number of hydrogen-bond acceptors (Lipinski definition) is 2. The van der Waals surface area contributed by atoms with E-state index in [9.17, 15) is 9.59 Å². The van der Waals surface area contributed by atoms with Crippen molar-refractivity contribution in [2.45, 2.75) is 53.1 Å². The summed E-state index contributed by atoms with van der Waals surface area (Å²) in [5, 5.41) is 4.11. The third-order valence-corrected chi connectivity index (χ3v) is 6.51. The number of benzene rings is 2. The first-order chi connectivity index (χ1) is 14.7. The number of hydrogen-bond donors (Lipinski definition) is 1. The van der Waals surface area contributed by atoms with Gasteiger partial charge in [0.25, 0.3) is 5.91 Å². The second-order valence-electron chi connectivity index (χ2n) is 9.25. The lowest BCUT2D eigenvalue weighted by atomic mass is 9.92. The molecule has 4 rings (SSSR count). The average Bonchev–Trinajstić information content (AvgIpc) is 3.09. The molecule has 1 aromatic heterocycles. The number of nitrogens with one attached hydrogen (secondary N) is 1. The Hall–Kier alpha value is -3.08. The largest absolute Gasteiger partial charge is 0.354 e. The van der Waals surface area contributed by atoms with Gasteiger partial charge in [-0.15, -0.1) is 0 Å². The Bertz CT molecular complexity index is 1160. The van der Waals surface area contributed by atoms with E-state index in [0.29, 0.717) is 24.7 Å². The lowest BCUT2D eigenvalue weighted by Crippen LogP contribution is -2.64. The number of aromatic nitrogens is 1. The fourth-order valence-corrected chi connectivity index (χ4v) is 4.47. The van der Waals surface area contributed by atoms with Gasteiger partial charge in [0.1, 0.15) is 11.2 Å². The maximum atomic E-state index is 13.9. The summed E-state index contributed by atoms with van der Waals surface area (Å²) >= 11 is 0. The standard InChI is InChI=1S/C26H31N3O2/c1-17(2)13-14-27-25(31)26(5)16-28-22-11-7-6-10-20(22)15-23(28)24(30)29(26)21-12-8-9-18(3)19(21)4/h6-12,15,17H,13-14,16H2,1-5H3,(H,27,31)/t26-/m0/s1. The van der Waals surface area contributed by atoms with Crippen LogP contribution in [-0.4, -0.2) is 28.5 Å². The maximum absolute atomic E-state index is 13.9. The molecular weight excluding hydrogens is 386 g/mol. The lowest BCUT2D eigenvalue weighted by Gasteiger charge is -2.44. The molecule has 0 bridgehead atoms. The monoisotopic (exact) mass is 417 g/mol. The van der Waals surface area contributed by atoms with Gasteiger partial charge < -0.3 is 9.88 Å². The van der Waals surface area contributed by atoms with Gasteiger partial charge in [0.05, 0.1) is 6.54 Å². The molecule has 0 saturated carbocycles. The number of carbonyl (C=O) groups excluding carboxylic acids is 2. The molecule has 1 aliphatic heterocycles. The van der Waals surface area contributed by atoms with E-state index in [0.717, 1.165) is 34.1 Å². The molecule has 2 aromatic carbocycles. The van der Waals surface area contributed by atoms with Crippen molar-refractivity contribution >= 4 is 28.4 Å². The third kappa shape index (κ3) is 3.52. The minimum absolute atomic E-state index is 0.120. The van der Waals surface area contributed by atoms with Crippen molar-refractivity contribution in [2.75, 3.05) is 11.4 Å². The van der Waals surface area contributed by atoms with Crippen molar-refractivity contribution in [1.29, 1.82) is 0 Å². The van der Waals surface area contributed by atoms with Crippen LogP contribution in [0.1, 0.15) is 48.8 Å². The molecule has 0 radical (unpaired) electrons. The van der Waals surface area contributed by atoms with Gasteiger partial charge in [-0.1, -0.05) is 44.2 Å². The first kappa shape index (κ1) is 21.2. The van der Waals surface area contributed by atoms with Gasteiger partial charge in [-0.2, -0.15) is 0 Å². The van der Waals surface area contributed by atoms with Crippen LogP contribution < -0.4 is 10.2 Å². The quantitative estimate of drug-likeness (QED) is 0.646. The van der Waals surface area contributed by atoms with Crippen molar-refractivity contribution < 1.29 is 9.59 Å². The molecule has 0 unspecified atom stereocenters. The van der Waals surface area contributed by atoms with Crippen LogP contribution in [0.15, 0.2) is 48.5 Å². The van der Waals surface area contributed by atoms with Crippen molar-refractivity contribution in [3.05, 3.63) is 65.4 Å². The minimum Gasteiger partial charge on any atom is -0.354 e. The summed E-state index contributed by atoms with van der Waals surface area (Å²) in [6.45, 7) is 11.2. The van der Waals surface area contributed by atoms with Crippen molar-refractivity contribution in [1.82, 2.24) is 9.88 Å². The normalized spacial score (nSPS) is 18.5. The van der Waals surface area contributed by atoms with Crippen LogP contribution in [0.2, 0.25) is 0 Å². The molecule has 0 aliphatic carbocycles. The Morgan fingerprint density at radius 1 is 1.13 bits per heavy atom. The predicted molar refractivity (Wildman–Crippen MR) is 126 cm³/mol. The molecule has 0 fully saturated rings. The molecule has 3 aromatic rings. The van der Waals surface area contributed by atoms with Crippen LogP contribution in [0.3, 0.4) is 0 Å². The van der Waals surface area contributed by atoms with Gasteiger partial charge in [-0.3, -0.25) is 14.5 Å². The van der Waals surface area contributed by atoms with Gasteiger partial charge in [0.15, 0.2) is 0 Å². The smallest absolute Gasteiger partial charge is 0.275 e. The fraction of sp³-hybridized carbons (Fsp3) is 0.385. The molecule has 162 valence electrons. The lowest BCUT2D eigenvalue weighted by molar-refractivity contribution is -0.126. The molecular formula is C26H31N3O2. The van der Waals surface area contributed by atoms with Crippen LogP contribution in [-0.2, 0) is 11.3 Å². The number of para-hydroxylation sites is 1. The Balaban J connectivity index is 1.85. The molecule has 1 N–H and O–H groups in total. The summed E-state index contributed by atoms with van der Waals surface area (Å²) in [7, 11) is 0. The minimum atomic E-state index is -1.04. The topological polar surface area (TPSA) is 54.3 Å². The first-order valence-electron chi connectivity index (χ1n) is 11.0. The number of amides is 2. The van der Waals surface area contributed by atoms with E-state index in [1.165, 1.54) is 0 Å². The number of carbonyl (C=O) groups is 2. The van der Waals surface area contributed by atoms with E-state index in [4.69, 9.17) is 0 Å². The summed E-state index contributed by atoms with van der Waals surface area (Å²) in [6, 6.07) is 15.8. The van der Waals surface area contributed by atoms with Crippen molar-refractivity contribution in [3.8, 4) is 0 Å². The number of fused-ring (bicyclic) bond motifs is 3. The first-order valence-corrected chi connectivity index (χ1v) is 11.0. The number of nitrogens with zero attached hydrogens (tertiary/aromatic N) is 2. The third-order valence-electron chi connectivity index (χ3n) is 6.51. The van der Waals surface area contributed by atoms with Crippen LogP contribution in [0.4, 0.5) is 5.69 Å². The highest BCUT2D eigenvalue weighted by molar-refractivity contribution is 6.14. The van der Waals surface area contributed by atoms with Gasteiger partial charge in [0, 0.05) is 23.1 Å². The Labute approximate surface area is 184 Å². The van der Waals surface area contributed by atoms with Crippen LogP contribution in [0.5, 0.6) is 0 Å². The van der Waals surface area contributed by atoms with E-state index in [2.05, 4.69) is 19.2 Å².